The highest BCUT2D eigenvalue weighted by molar-refractivity contribution is 6.31. The molecule has 8 heteroatoms. The molecule has 0 aliphatic heterocycles. The summed E-state index contributed by atoms with van der Waals surface area (Å²) in [6.45, 7) is 1.45. The summed E-state index contributed by atoms with van der Waals surface area (Å²) >= 11 is 6.01. The van der Waals surface area contributed by atoms with Gasteiger partial charge >= 0.3 is 0 Å². The number of aryl methyl sites for hydroxylation is 1. The molecular weight excluding hydrogens is 431 g/mol. The summed E-state index contributed by atoms with van der Waals surface area (Å²) in [7, 11) is 1.93. The number of fused-ring (bicyclic) bond motifs is 1. The number of amides is 2. The van der Waals surface area contributed by atoms with Crippen LogP contribution in [0.15, 0.2) is 67.0 Å². The molecule has 0 bridgehead atoms. The number of pyridine rings is 1. The molecule has 2 amide bonds. The van der Waals surface area contributed by atoms with E-state index in [1.165, 1.54) is 36.2 Å². The molecule has 2 aromatic heterocycles. The first-order valence-electron chi connectivity index (χ1n) is 9.88. The Morgan fingerprint density at radius 3 is 2.72 bits per heavy atom. The van der Waals surface area contributed by atoms with Gasteiger partial charge in [0.25, 0.3) is 0 Å². The number of benzene rings is 2. The van der Waals surface area contributed by atoms with Crippen LogP contribution >= 0.6 is 11.6 Å². The van der Waals surface area contributed by atoms with E-state index in [0.717, 1.165) is 10.9 Å². The van der Waals surface area contributed by atoms with E-state index in [1.807, 2.05) is 42.1 Å². The highest BCUT2D eigenvalue weighted by atomic mass is 35.5. The van der Waals surface area contributed by atoms with Crippen LogP contribution in [0.5, 0.6) is 0 Å². The lowest BCUT2D eigenvalue weighted by Gasteiger charge is -2.21. The second kappa shape index (κ2) is 8.80. The lowest BCUT2D eigenvalue weighted by Crippen LogP contribution is -2.24. The molecule has 0 spiro atoms. The van der Waals surface area contributed by atoms with Gasteiger partial charge in [0.05, 0.1) is 12.1 Å². The van der Waals surface area contributed by atoms with E-state index in [0.29, 0.717) is 17.2 Å². The zero-order valence-corrected chi connectivity index (χ0v) is 18.2. The number of anilines is 3. The van der Waals surface area contributed by atoms with Crippen LogP contribution in [0, 0.1) is 5.82 Å². The van der Waals surface area contributed by atoms with Crippen molar-refractivity contribution in [1.82, 2.24) is 9.55 Å². The molecule has 2 heterocycles. The number of hydrogen-bond acceptors (Lipinski definition) is 3. The number of nitrogens with zero attached hydrogens (tertiary/aromatic N) is 3. The minimum absolute atomic E-state index is 0.127. The molecule has 2 aromatic carbocycles. The zero-order chi connectivity index (χ0) is 22.8. The Balaban J connectivity index is 1.60. The van der Waals surface area contributed by atoms with Crippen molar-refractivity contribution in [1.29, 1.82) is 0 Å². The molecule has 1 N–H and O–H groups in total. The summed E-state index contributed by atoms with van der Waals surface area (Å²) in [6, 6.07) is 15.1. The van der Waals surface area contributed by atoms with Crippen molar-refractivity contribution in [3.05, 3.63) is 83.4 Å². The molecule has 4 aromatic rings. The summed E-state index contributed by atoms with van der Waals surface area (Å²) in [5.41, 5.74) is 2.18. The van der Waals surface area contributed by atoms with Crippen LogP contribution < -0.4 is 10.2 Å². The van der Waals surface area contributed by atoms with Gasteiger partial charge in [-0.2, -0.15) is 0 Å². The maximum atomic E-state index is 14.0. The molecule has 0 aliphatic carbocycles. The first-order valence-corrected chi connectivity index (χ1v) is 10.3. The Kier molecular flexibility index (Phi) is 5.92. The number of carbonyl (C=O) groups excluding carboxylic acids is 2. The van der Waals surface area contributed by atoms with Crippen LogP contribution in [0.4, 0.5) is 21.6 Å². The molecule has 0 fully saturated rings. The fraction of sp³-hybridized carbons (Fsp3) is 0.125. The lowest BCUT2D eigenvalue weighted by atomic mass is 10.1. The molecule has 6 nitrogen and oxygen atoms in total. The van der Waals surface area contributed by atoms with Gasteiger partial charge in [0, 0.05) is 54.2 Å². The minimum atomic E-state index is -0.540. The normalized spacial score (nSPS) is 10.9. The van der Waals surface area contributed by atoms with Gasteiger partial charge in [0.1, 0.15) is 11.6 Å². The highest BCUT2D eigenvalue weighted by Crippen LogP contribution is 2.29. The molecule has 0 saturated heterocycles. The SMILES string of the molecule is CC(=O)N(c1ccc2ccn(C)c2c1)c1cc(NC(=O)Cc2c(F)cccc2Cl)ccn1. The Labute approximate surface area is 189 Å². The Morgan fingerprint density at radius 2 is 1.97 bits per heavy atom. The fourth-order valence-corrected chi connectivity index (χ4v) is 3.78. The van der Waals surface area contributed by atoms with Crippen molar-refractivity contribution in [2.24, 2.45) is 7.05 Å². The van der Waals surface area contributed by atoms with Crippen LogP contribution in [0.25, 0.3) is 10.9 Å². The summed E-state index contributed by atoms with van der Waals surface area (Å²) in [6.07, 6.45) is 3.23. The lowest BCUT2D eigenvalue weighted by molar-refractivity contribution is -0.116. The van der Waals surface area contributed by atoms with Gasteiger partial charge in [-0.25, -0.2) is 9.37 Å². The summed E-state index contributed by atoms with van der Waals surface area (Å²) in [4.78, 5) is 30.8. The monoisotopic (exact) mass is 450 g/mol. The van der Waals surface area contributed by atoms with E-state index in [1.54, 1.807) is 12.1 Å². The van der Waals surface area contributed by atoms with Gasteiger partial charge in [-0.1, -0.05) is 23.7 Å². The van der Waals surface area contributed by atoms with Crippen molar-refractivity contribution in [3.63, 3.8) is 0 Å². The second-order valence-corrected chi connectivity index (χ2v) is 7.76. The Bertz CT molecular complexity index is 1310. The predicted molar refractivity (Wildman–Crippen MR) is 124 cm³/mol. The standard InChI is InChI=1S/C24H20ClFN4O2/c1-15(31)30(18-7-6-16-9-11-29(2)22(16)13-18)23-12-17(8-10-27-23)28-24(32)14-19-20(25)4-3-5-21(19)26/h3-13H,14H2,1-2H3,(H,27,28,32). The molecule has 32 heavy (non-hydrogen) atoms. The van der Waals surface area contributed by atoms with E-state index in [2.05, 4.69) is 10.3 Å². The predicted octanol–water partition coefficient (Wildman–Crippen LogP) is 5.23. The van der Waals surface area contributed by atoms with E-state index in [9.17, 15) is 14.0 Å². The fourth-order valence-electron chi connectivity index (χ4n) is 3.55. The van der Waals surface area contributed by atoms with Crippen molar-refractivity contribution in [3.8, 4) is 0 Å². The Morgan fingerprint density at radius 1 is 1.16 bits per heavy atom. The average molecular weight is 451 g/mol. The Hall–Kier alpha value is -3.71. The number of aromatic nitrogens is 2. The van der Waals surface area contributed by atoms with Crippen molar-refractivity contribution in [2.75, 3.05) is 10.2 Å². The number of carbonyl (C=O) groups is 2. The molecule has 0 atom stereocenters. The van der Waals surface area contributed by atoms with E-state index in [4.69, 9.17) is 11.6 Å². The molecule has 0 radical (unpaired) electrons. The smallest absolute Gasteiger partial charge is 0.229 e. The van der Waals surface area contributed by atoms with Gasteiger partial charge in [-0.05, 0) is 41.8 Å². The largest absolute Gasteiger partial charge is 0.350 e. The minimum Gasteiger partial charge on any atom is -0.350 e. The van der Waals surface area contributed by atoms with Crippen LogP contribution in [0.2, 0.25) is 5.02 Å². The maximum absolute atomic E-state index is 14.0. The summed E-state index contributed by atoms with van der Waals surface area (Å²) in [5, 5.41) is 3.96. The number of rotatable bonds is 5. The van der Waals surface area contributed by atoms with Crippen LogP contribution in [0.1, 0.15) is 12.5 Å². The van der Waals surface area contributed by atoms with E-state index < -0.39 is 11.7 Å². The quantitative estimate of drug-likeness (QED) is 0.452. The van der Waals surface area contributed by atoms with Gasteiger partial charge < -0.3 is 9.88 Å². The van der Waals surface area contributed by atoms with Gasteiger partial charge in [0.2, 0.25) is 11.8 Å². The molecule has 0 saturated carbocycles. The van der Waals surface area contributed by atoms with Crippen LogP contribution in [-0.2, 0) is 23.1 Å². The van der Waals surface area contributed by atoms with Crippen molar-refractivity contribution >= 4 is 51.5 Å². The molecule has 0 unspecified atom stereocenters. The van der Waals surface area contributed by atoms with Crippen molar-refractivity contribution in [2.45, 2.75) is 13.3 Å². The van der Waals surface area contributed by atoms with Gasteiger partial charge in [-0.15, -0.1) is 0 Å². The van der Waals surface area contributed by atoms with E-state index in [-0.39, 0.29) is 22.9 Å². The molecule has 4 rings (SSSR count). The zero-order valence-electron chi connectivity index (χ0n) is 17.5. The van der Waals surface area contributed by atoms with Crippen LogP contribution in [-0.4, -0.2) is 21.4 Å². The maximum Gasteiger partial charge on any atom is 0.229 e. The first kappa shape index (κ1) is 21.5. The third kappa shape index (κ3) is 4.33. The first-order chi connectivity index (χ1) is 15.3. The third-order valence-electron chi connectivity index (χ3n) is 5.10. The summed E-state index contributed by atoms with van der Waals surface area (Å²) in [5.74, 6) is -0.851. The molecule has 162 valence electrons. The highest BCUT2D eigenvalue weighted by Gasteiger charge is 2.18. The second-order valence-electron chi connectivity index (χ2n) is 7.35. The van der Waals surface area contributed by atoms with Gasteiger partial charge in [-0.3, -0.25) is 14.5 Å². The third-order valence-corrected chi connectivity index (χ3v) is 5.46. The number of halogens is 2. The van der Waals surface area contributed by atoms with E-state index >= 15 is 0 Å². The number of hydrogen-bond donors (Lipinski definition) is 1. The number of nitrogens with one attached hydrogen (secondary N) is 1. The topological polar surface area (TPSA) is 67.2 Å². The van der Waals surface area contributed by atoms with Crippen LogP contribution in [0.3, 0.4) is 0 Å². The summed E-state index contributed by atoms with van der Waals surface area (Å²) < 4.78 is 16.0. The van der Waals surface area contributed by atoms with Crippen molar-refractivity contribution < 1.29 is 14.0 Å². The molecule has 0 aliphatic rings. The average Bonchev–Trinajstić information content (AvgIpc) is 3.11. The van der Waals surface area contributed by atoms with Gasteiger partial charge in [0.15, 0.2) is 0 Å². The molecular formula is C24H20ClFN4O2.